The number of aliphatic hydroxyl groups excluding tert-OH is 1. The molecule has 1 saturated heterocycles. The van der Waals surface area contributed by atoms with Gasteiger partial charge in [-0.1, -0.05) is 0 Å². The molecule has 17 heavy (non-hydrogen) atoms. The minimum atomic E-state index is -0.669. The molecule has 0 aromatic heterocycles. The second-order valence-electron chi connectivity index (χ2n) is 4.80. The topological polar surface area (TPSA) is 96.9 Å². The van der Waals surface area contributed by atoms with Crippen molar-refractivity contribution in [1.29, 1.82) is 0 Å². The molecule has 98 valence electrons. The number of ether oxygens (including phenoxy) is 2. The highest BCUT2D eigenvalue weighted by molar-refractivity contribution is 5.78. The molecular formula is C10H18N2O5. The van der Waals surface area contributed by atoms with Gasteiger partial charge in [0.15, 0.2) is 0 Å². The van der Waals surface area contributed by atoms with Crippen LogP contribution >= 0.6 is 0 Å². The second kappa shape index (κ2) is 5.33. The fourth-order valence-corrected chi connectivity index (χ4v) is 1.33. The van der Waals surface area contributed by atoms with Gasteiger partial charge in [-0.25, -0.2) is 10.2 Å². The van der Waals surface area contributed by atoms with Crippen molar-refractivity contribution in [3.05, 3.63) is 0 Å². The van der Waals surface area contributed by atoms with Crippen LogP contribution in [0.1, 0.15) is 27.2 Å². The van der Waals surface area contributed by atoms with Gasteiger partial charge in [-0.2, -0.15) is 0 Å². The summed E-state index contributed by atoms with van der Waals surface area (Å²) in [7, 11) is 0. The Kier molecular flexibility index (Phi) is 4.30. The number of hydrogen-bond donors (Lipinski definition) is 3. The Morgan fingerprint density at radius 1 is 1.59 bits per heavy atom. The summed E-state index contributed by atoms with van der Waals surface area (Å²) in [6.45, 7) is 4.98. The molecule has 0 unspecified atom stereocenters. The van der Waals surface area contributed by atoms with Crippen molar-refractivity contribution in [3.8, 4) is 0 Å². The van der Waals surface area contributed by atoms with E-state index < -0.39 is 29.8 Å². The van der Waals surface area contributed by atoms with Crippen LogP contribution in [0.5, 0.6) is 0 Å². The van der Waals surface area contributed by atoms with Crippen LogP contribution in [0.25, 0.3) is 0 Å². The number of cyclic esters (lactones) is 1. The average Bonchev–Trinajstić information content (AvgIpc) is 2.54. The number of rotatable bonds is 3. The Labute approximate surface area is 99.4 Å². The number of hydrogen-bond acceptors (Lipinski definition) is 6. The van der Waals surface area contributed by atoms with Crippen molar-refractivity contribution in [2.75, 3.05) is 6.61 Å². The largest absolute Gasteiger partial charge is 0.459 e. The Morgan fingerprint density at radius 3 is 2.71 bits per heavy atom. The fourth-order valence-electron chi connectivity index (χ4n) is 1.33. The van der Waals surface area contributed by atoms with Gasteiger partial charge >= 0.3 is 12.1 Å². The lowest BCUT2D eigenvalue weighted by Crippen LogP contribution is -2.48. The van der Waals surface area contributed by atoms with E-state index in [1.165, 1.54) is 0 Å². The molecule has 0 aromatic carbocycles. The highest BCUT2D eigenvalue weighted by Crippen LogP contribution is 2.13. The molecular weight excluding hydrogens is 228 g/mol. The van der Waals surface area contributed by atoms with Crippen molar-refractivity contribution >= 4 is 12.1 Å². The lowest BCUT2D eigenvalue weighted by atomic mass is 10.2. The van der Waals surface area contributed by atoms with Crippen LogP contribution in [-0.4, -0.2) is 41.5 Å². The molecule has 3 N–H and O–H groups in total. The average molecular weight is 246 g/mol. The van der Waals surface area contributed by atoms with Crippen LogP contribution < -0.4 is 10.9 Å². The normalized spacial score (nSPS) is 24.4. The number of esters is 1. The van der Waals surface area contributed by atoms with Crippen LogP contribution in [0.3, 0.4) is 0 Å². The van der Waals surface area contributed by atoms with Crippen molar-refractivity contribution in [3.63, 3.8) is 0 Å². The van der Waals surface area contributed by atoms with Gasteiger partial charge in [0, 0.05) is 6.42 Å². The lowest BCUT2D eigenvalue weighted by molar-refractivity contribution is -0.144. The van der Waals surface area contributed by atoms with Crippen LogP contribution in [0.4, 0.5) is 4.79 Å². The molecule has 0 spiro atoms. The quantitative estimate of drug-likeness (QED) is 0.467. The molecule has 7 heteroatoms. The van der Waals surface area contributed by atoms with E-state index in [2.05, 4.69) is 10.9 Å². The van der Waals surface area contributed by atoms with Crippen LogP contribution in [0, 0.1) is 0 Å². The van der Waals surface area contributed by atoms with E-state index in [9.17, 15) is 9.59 Å². The number of carbonyl (C=O) groups is 2. The maximum atomic E-state index is 11.3. The SMILES string of the molecule is CC(C)(C)OC(=O)NN[C@H]1C[C@@H](CO)OC1=O. The molecule has 1 amide bonds. The van der Waals surface area contributed by atoms with Gasteiger partial charge in [0.25, 0.3) is 0 Å². The summed E-state index contributed by atoms with van der Waals surface area (Å²) in [6.07, 6.45) is -0.872. The Bertz CT molecular complexity index is 300. The standard InChI is InChI=1S/C10H18N2O5/c1-10(2,3)17-9(15)12-11-7-4-6(5-13)16-8(7)14/h6-7,11,13H,4-5H2,1-3H3,(H,12,15)/t6-,7-/m0/s1. The van der Waals surface area contributed by atoms with Gasteiger partial charge in [0.2, 0.25) is 0 Å². The van der Waals surface area contributed by atoms with E-state index in [-0.39, 0.29) is 6.61 Å². The first-order valence-corrected chi connectivity index (χ1v) is 5.37. The fraction of sp³-hybridized carbons (Fsp3) is 0.800. The van der Waals surface area contributed by atoms with Crippen molar-refractivity contribution in [2.24, 2.45) is 0 Å². The molecule has 1 heterocycles. The third kappa shape index (κ3) is 4.58. The predicted molar refractivity (Wildman–Crippen MR) is 57.9 cm³/mol. The molecule has 0 saturated carbocycles. The third-order valence-electron chi connectivity index (χ3n) is 2.02. The highest BCUT2D eigenvalue weighted by Gasteiger charge is 2.34. The summed E-state index contributed by atoms with van der Waals surface area (Å²) in [5.41, 5.74) is 4.17. The Morgan fingerprint density at radius 2 is 2.24 bits per heavy atom. The molecule has 1 aliphatic rings. The molecule has 2 atom stereocenters. The number of aliphatic hydroxyl groups is 1. The van der Waals surface area contributed by atoms with Gasteiger partial charge in [-0.15, -0.1) is 0 Å². The van der Waals surface area contributed by atoms with E-state index in [4.69, 9.17) is 14.6 Å². The Balaban J connectivity index is 2.32. The molecule has 1 aliphatic heterocycles. The molecule has 1 rings (SSSR count). The zero-order valence-electron chi connectivity index (χ0n) is 10.1. The van der Waals surface area contributed by atoms with Gasteiger partial charge in [-0.05, 0) is 20.8 Å². The van der Waals surface area contributed by atoms with Crippen LogP contribution in [0.2, 0.25) is 0 Å². The number of carbonyl (C=O) groups excluding carboxylic acids is 2. The first kappa shape index (κ1) is 13.7. The van der Waals surface area contributed by atoms with E-state index in [1.807, 2.05) is 0 Å². The zero-order chi connectivity index (χ0) is 13.1. The predicted octanol–water partition coefficient (Wildman–Crippen LogP) is -0.308. The van der Waals surface area contributed by atoms with Gasteiger partial charge in [0.05, 0.1) is 6.61 Å². The second-order valence-corrected chi connectivity index (χ2v) is 4.80. The van der Waals surface area contributed by atoms with Gasteiger partial charge in [0.1, 0.15) is 17.7 Å². The first-order valence-electron chi connectivity index (χ1n) is 5.37. The monoisotopic (exact) mass is 246 g/mol. The molecule has 0 bridgehead atoms. The van der Waals surface area contributed by atoms with Gasteiger partial charge < -0.3 is 14.6 Å². The summed E-state index contributed by atoms with van der Waals surface area (Å²) in [4.78, 5) is 22.5. The van der Waals surface area contributed by atoms with E-state index in [1.54, 1.807) is 20.8 Å². The molecule has 0 radical (unpaired) electrons. The Hall–Kier alpha value is -1.34. The summed E-state index contributed by atoms with van der Waals surface area (Å²) < 4.78 is 9.78. The summed E-state index contributed by atoms with van der Waals surface area (Å²) >= 11 is 0. The maximum absolute atomic E-state index is 11.3. The van der Waals surface area contributed by atoms with Crippen LogP contribution in [-0.2, 0) is 14.3 Å². The molecule has 7 nitrogen and oxygen atoms in total. The lowest BCUT2D eigenvalue weighted by Gasteiger charge is -2.20. The molecule has 1 fully saturated rings. The number of amides is 1. The van der Waals surface area contributed by atoms with Crippen LogP contribution in [0.15, 0.2) is 0 Å². The number of nitrogens with one attached hydrogen (secondary N) is 2. The van der Waals surface area contributed by atoms with Crippen molar-refractivity contribution in [2.45, 2.75) is 44.9 Å². The third-order valence-corrected chi connectivity index (χ3v) is 2.02. The van der Waals surface area contributed by atoms with E-state index in [0.29, 0.717) is 6.42 Å². The zero-order valence-corrected chi connectivity index (χ0v) is 10.1. The van der Waals surface area contributed by atoms with E-state index >= 15 is 0 Å². The first-order chi connectivity index (χ1) is 7.81. The van der Waals surface area contributed by atoms with Crippen molar-refractivity contribution < 1.29 is 24.2 Å². The smallest absolute Gasteiger partial charge is 0.422 e. The van der Waals surface area contributed by atoms with Crippen molar-refractivity contribution in [1.82, 2.24) is 10.9 Å². The maximum Gasteiger partial charge on any atom is 0.422 e. The summed E-state index contributed by atoms with van der Waals surface area (Å²) in [6, 6.07) is -0.653. The highest BCUT2D eigenvalue weighted by atomic mass is 16.6. The number of hydrazine groups is 1. The van der Waals surface area contributed by atoms with E-state index in [0.717, 1.165) is 0 Å². The minimum absolute atomic E-state index is 0.226. The van der Waals surface area contributed by atoms with Gasteiger partial charge in [-0.3, -0.25) is 10.2 Å². The summed E-state index contributed by atoms with van der Waals surface area (Å²) in [5, 5.41) is 8.81. The minimum Gasteiger partial charge on any atom is -0.459 e. The molecule has 0 aliphatic carbocycles. The summed E-state index contributed by atoms with van der Waals surface area (Å²) in [5.74, 6) is -0.500. The molecule has 0 aromatic rings.